The Morgan fingerprint density at radius 3 is 2.56 bits per heavy atom. The van der Waals surface area contributed by atoms with Gasteiger partial charge in [-0.3, -0.25) is 9.48 Å². The van der Waals surface area contributed by atoms with Crippen molar-refractivity contribution in [3.05, 3.63) is 106 Å². The maximum Gasteiger partial charge on any atom is 0.337 e. The van der Waals surface area contributed by atoms with E-state index in [1.165, 1.54) is 6.07 Å². The lowest BCUT2D eigenvalue weighted by Crippen LogP contribution is -2.12. The smallest absolute Gasteiger partial charge is 0.337 e. The molecule has 7 heteroatoms. The zero-order chi connectivity index (χ0) is 25.4. The zero-order valence-corrected chi connectivity index (χ0v) is 20.1. The van der Waals surface area contributed by atoms with Gasteiger partial charge in [0.05, 0.1) is 23.2 Å². The van der Waals surface area contributed by atoms with Crippen LogP contribution in [-0.2, 0) is 7.05 Å². The van der Waals surface area contributed by atoms with Crippen LogP contribution in [0.15, 0.2) is 88.3 Å². The van der Waals surface area contributed by atoms with E-state index in [0.29, 0.717) is 22.4 Å². The highest BCUT2D eigenvalue weighted by Crippen LogP contribution is 2.32. The number of aryl methyl sites for hydroxylation is 2. The minimum absolute atomic E-state index is 0.138. The Balaban J connectivity index is 1.61. The van der Waals surface area contributed by atoms with Gasteiger partial charge in [-0.25, -0.2) is 4.79 Å². The number of carbonyl (C=O) groups is 1. The van der Waals surface area contributed by atoms with Crippen molar-refractivity contribution in [3.63, 3.8) is 0 Å². The Morgan fingerprint density at radius 1 is 1.03 bits per heavy atom. The quantitative estimate of drug-likeness (QED) is 0.308. The van der Waals surface area contributed by atoms with Gasteiger partial charge in [0.15, 0.2) is 5.43 Å². The number of hydrogen-bond donors (Lipinski definition) is 2. The third-order valence-electron chi connectivity index (χ3n) is 6.18. The number of aromatic nitrogens is 2. The van der Waals surface area contributed by atoms with Gasteiger partial charge in [-0.2, -0.15) is 5.10 Å². The molecule has 0 spiro atoms. The van der Waals surface area contributed by atoms with E-state index in [2.05, 4.69) is 10.4 Å². The summed E-state index contributed by atoms with van der Waals surface area (Å²) in [7, 11) is 1.86. The number of anilines is 1. The molecular weight excluding hydrogens is 454 g/mol. The Morgan fingerprint density at radius 2 is 1.81 bits per heavy atom. The van der Waals surface area contributed by atoms with Crippen LogP contribution < -0.4 is 10.7 Å². The average Bonchev–Trinajstić information content (AvgIpc) is 3.30. The fraction of sp³-hybridized carbons (Fsp3) is 0.138. The summed E-state index contributed by atoms with van der Waals surface area (Å²) in [5.74, 6) is -0.553. The van der Waals surface area contributed by atoms with Crippen molar-refractivity contribution in [3.8, 4) is 22.5 Å². The minimum Gasteiger partial charge on any atom is -0.478 e. The first kappa shape index (κ1) is 23.1. The monoisotopic (exact) mass is 479 g/mol. The van der Waals surface area contributed by atoms with Crippen molar-refractivity contribution < 1.29 is 14.3 Å². The Hall–Kier alpha value is -4.65. The molecule has 1 atom stereocenters. The molecule has 2 heterocycles. The number of hydrogen-bond acceptors (Lipinski definition) is 5. The summed E-state index contributed by atoms with van der Waals surface area (Å²) in [5.41, 5.74) is 5.40. The van der Waals surface area contributed by atoms with Crippen LogP contribution in [0.4, 0.5) is 5.69 Å². The number of nitrogens with zero attached hydrogens (tertiary/aromatic N) is 2. The first-order valence-electron chi connectivity index (χ1n) is 11.6. The van der Waals surface area contributed by atoms with Crippen LogP contribution in [0.1, 0.15) is 34.5 Å². The number of carboxylic acid groups (broad SMARTS) is 1. The molecule has 0 radical (unpaired) electrons. The van der Waals surface area contributed by atoms with Crippen LogP contribution in [0.3, 0.4) is 0 Å². The van der Waals surface area contributed by atoms with Gasteiger partial charge in [-0.1, -0.05) is 36.4 Å². The number of para-hydroxylation sites is 1. The molecule has 1 unspecified atom stereocenters. The zero-order valence-electron chi connectivity index (χ0n) is 20.1. The molecule has 0 saturated carbocycles. The molecule has 0 aliphatic carbocycles. The number of aromatic carboxylic acids is 1. The molecule has 0 amide bonds. The largest absolute Gasteiger partial charge is 0.478 e. The fourth-order valence-electron chi connectivity index (χ4n) is 4.43. The Labute approximate surface area is 207 Å². The normalized spacial score (nSPS) is 12.0. The van der Waals surface area contributed by atoms with Crippen LogP contribution in [0.2, 0.25) is 0 Å². The van der Waals surface area contributed by atoms with E-state index in [1.54, 1.807) is 35.1 Å². The van der Waals surface area contributed by atoms with Gasteiger partial charge in [-0.05, 0) is 49.2 Å². The second-order valence-electron chi connectivity index (χ2n) is 8.91. The summed E-state index contributed by atoms with van der Waals surface area (Å²) in [6.45, 7) is 3.84. The Kier molecular flexibility index (Phi) is 5.90. The lowest BCUT2D eigenvalue weighted by Gasteiger charge is -2.19. The highest BCUT2D eigenvalue weighted by molar-refractivity contribution is 5.94. The van der Waals surface area contributed by atoms with Crippen LogP contribution >= 0.6 is 0 Å². The van der Waals surface area contributed by atoms with Gasteiger partial charge in [-0.15, -0.1) is 0 Å². The minimum atomic E-state index is -1.01. The predicted molar refractivity (Wildman–Crippen MR) is 140 cm³/mol. The van der Waals surface area contributed by atoms with Crippen molar-refractivity contribution in [2.75, 3.05) is 5.32 Å². The molecule has 3 aromatic carbocycles. The van der Waals surface area contributed by atoms with Gasteiger partial charge in [0.2, 0.25) is 0 Å². The molecule has 5 rings (SSSR count). The van der Waals surface area contributed by atoms with Crippen molar-refractivity contribution in [1.29, 1.82) is 0 Å². The van der Waals surface area contributed by atoms with E-state index >= 15 is 0 Å². The maximum atomic E-state index is 13.2. The van der Waals surface area contributed by atoms with Crippen molar-refractivity contribution in [1.82, 2.24) is 9.78 Å². The SMILES string of the molecule is Cc1cc(C(C)Nc2ccccc2C(=O)O)c2oc(-c3cccc(-c4cnn(C)c4)c3)cc(=O)c2c1. The van der Waals surface area contributed by atoms with Crippen LogP contribution in [0.5, 0.6) is 0 Å². The van der Waals surface area contributed by atoms with Crippen LogP contribution in [-0.4, -0.2) is 20.9 Å². The van der Waals surface area contributed by atoms with Gasteiger partial charge in [0.1, 0.15) is 11.3 Å². The average molecular weight is 480 g/mol. The van der Waals surface area contributed by atoms with E-state index < -0.39 is 5.97 Å². The highest BCUT2D eigenvalue weighted by Gasteiger charge is 2.18. The van der Waals surface area contributed by atoms with Gasteiger partial charge >= 0.3 is 5.97 Å². The van der Waals surface area contributed by atoms with Crippen molar-refractivity contribution in [2.24, 2.45) is 7.05 Å². The number of fused-ring (bicyclic) bond motifs is 1. The van der Waals surface area contributed by atoms with Crippen molar-refractivity contribution in [2.45, 2.75) is 19.9 Å². The summed E-state index contributed by atoms with van der Waals surface area (Å²) in [6, 6.07) is 19.5. The molecule has 0 bridgehead atoms. The molecule has 2 aromatic heterocycles. The van der Waals surface area contributed by atoms with Crippen molar-refractivity contribution >= 4 is 22.6 Å². The van der Waals surface area contributed by atoms with Gasteiger partial charge < -0.3 is 14.8 Å². The predicted octanol–water partition coefficient (Wildman–Crippen LogP) is 6.04. The summed E-state index contributed by atoms with van der Waals surface area (Å²) in [6.07, 6.45) is 3.72. The van der Waals surface area contributed by atoms with Gasteiger partial charge in [0.25, 0.3) is 0 Å². The second kappa shape index (κ2) is 9.19. The number of carboxylic acids is 1. The number of rotatable bonds is 6. The summed E-state index contributed by atoms with van der Waals surface area (Å²) in [4.78, 5) is 24.9. The van der Waals surface area contributed by atoms with E-state index in [-0.39, 0.29) is 17.0 Å². The molecule has 2 N–H and O–H groups in total. The lowest BCUT2D eigenvalue weighted by molar-refractivity contribution is 0.0698. The molecule has 180 valence electrons. The van der Waals surface area contributed by atoms with Gasteiger partial charge in [0, 0.05) is 41.7 Å². The molecule has 0 saturated heterocycles. The molecular formula is C29H25N3O4. The maximum absolute atomic E-state index is 13.2. The third-order valence-corrected chi connectivity index (χ3v) is 6.18. The molecule has 0 aliphatic heterocycles. The fourth-order valence-corrected chi connectivity index (χ4v) is 4.43. The first-order chi connectivity index (χ1) is 17.3. The first-order valence-corrected chi connectivity index (χ1v) is 11.6. The molecule has 36 heavy (non-hydrogen) atoms. The molecule has 0 aliphatic rings. The van der Waals surface area contributed by atoms with E-state index in [1.807, 2.05) is 63.5 Å². The number of nitrogens with one attached hydrogen (secondary N) is 1. The van der Waals surface area contributed by atoms with Crippen LogP contribution in [0, 0.1) is 6.92 Å². The standard InChI is InChI=1S/C29H25N3O4/c1-17-11-23(18(2)31-25-10-5-4-9-22(25)29(34)35)28-24(12-17)26(33)14-27(36-28)20-8-6-7-19(13-20)21-15-30-32(3)16-21/h4-16,18,31H,1-3H3,(H,34,35). The highest BCUT2D eigenvalue weighted by atomic mass is 16.4. The summed E-state index contributed by atoms with van der Waals surface area (Å²) in [5, 5.41) is 17.6. The van der Waals surface area contributed by atoms with E-state index in [9.17, 15) is 14.7 Å². The molecule has 7 nitrogen and oxygen atoms in total. The summed E-state index contributed by atoms with van der Waals surface area (Å²) >= 11 is 0. The Bertz CT molecular complexity index is 1670. The number of benzene rings is 3. The lowest BCUT2D eigenvalue weighted by atomic mass is 9.99. The van der Waals surface area contributed by atoms with E-state index in [0.717, 1.165) is 27.8 Å². The van der Waals surface area contributed by atoms with E-state index in [4.69, 9.17) is 4.42 Å². The van der Waals surface area contributed by atoms with Crippen LogP contribution in [0.25, 0.3) is 33.4 Å². The molecule has 0 fully saturated rings. The topological polar surface area (TPSA) is 97.4 Å². The molecule has 5 aromatic rings. The second-order valence-corrected chi connectivity index (χ2v) is 8.91. The summed E-state index contributed by atoms with van der Waals surface area (Å²) < 4.78 is 8.11. The third kappa shape index (κ3) is 4.38.